The van der Waals surface area contributed by atoms with E-state index in [1.54, 1.807) is 0 Å². The van der Waals surface area contributed by atoms with Crippen LogP contribution in [0.3, 0.4) is 0 Å². The fourth-order valence-electron chi connectivity index (χ4n) is 5.28. The van der Waals surface area contributed by atoms with Crippen molar-refractivity contribution < 1.29 is 46.6 Å². The van der Waals surface area contributed by atoms with Gasteiger partial charge in [-0.15, -0.1) is 0 Å². The molecule has 268 valence electrons. The van der Waals surface area contributed by atoms with E-state index in [0.717, 1.165) is 32.1 Å². The summed E-state index contributed by atoms with van der Waals surface area (Å²) in [5, 5.41) is 28.3. The average Bonchev–Trinajstić information content (AvgIpc) is 3.01. The largest absolute Gasteiger partial charge is 2.00 e. The van der Waals surface area contributed by atoms with Gasteiger partial charge in [0.1, 0.15) is 0 Å². The Bertz CT molecular complexity index is 484. The second-order valence-electron chi connectivity index (χ2n) is 12.9. The second-order valence-corrected chi connectivity index (χ2v) is 12.9. The molecule has 0 aromatic heterocycles. The van der Waals surface area contributed by atoms with Crippen molar-refractivity contribution in [2.75, 3.05) is 6.61 Å². The van der Waals surface area contributed by atoms with E-state index in [0.29, 0.717) is 6.61 Å². The number of carboxylic acids is 2. The van der Waals surface area contributed by atoms with E-state index in [4.69, 9.17) is 5.11 Å². The van der Waals surface area contributed by atoms with Gasteiger partial charge in [0.05, 0.1) is 0 Å². The van der Waals surface area contributed by atoms with Gasteiger partial charge >= 0.3 is 21.7 Å². The third kappa shape index (κ3) is 63.0. The predicted molar refractivity (Wildman–Crippen MR) is 186 cm³/mol. The fourth-order valence-corrected chi connectivity index (χ4v) is 5.28. The number of carbonyl (C=O) groups is 2. The summed E-state index contributed by atoms with van der Waals surface area (Å²) in [6.45, 7) is 6.78. The van der Waals surface area contributed by atoms with Crippen LogP contribution in [0, 0.1) is 0 Å². The number of hydrogen-bond donors (Lipinski definition) is 1. The molecule has 0 aliphatic carbocycles. The van der Waals surface area contributed by atoms with Crippen LogP contribution in [0.1, 0.15) is 233 Å². The van der Waals surface area contributed by atoms with Crippen LogP contribution in [0.25, 0.3) is 0 Å². The first-order valence-electron chi connectivity index (χ1n) is 19.5. The summed E-state index contributed by atoms with van der Waals surface area (Å²) in [6, 6.07) is 0. The van der Waals surface area contributed by atoms with Crippen LogP contribution in [0.5, 0.6) is 0 Å². The van der Waals surface area contributed by atoms with Crippen LogP contribution in [-0.4, -0.2) is 23.7 Å². The summed E-state index contributed by atoms with van der Waals surface area (Å²) in [7, 11) is 0. The van der Waals surface area contributed by atoms with Crippen LogP contribution in [0.15, 0.2) is 0 Å². The first-order valence-corrected chi connectivity index (χ1v) is 19.5. The molecular weight excluding hydrogens is 596 g/mol. The molecule has 0 aromatic carbocycles. The first-order chi connectivity index (χ1) is 21.5. The number of carbonyl (C=O) groups excluding carboxylic acids is 2. The molecule has 0 heterocycles. The first kappa shape index (κ1) is 51.4. The molecule has 0 radical (unpaired) electrons. The van der Waals surface area contributed by atoms with Gasteiger partial charge in [-0.25, -0.2) is 0 Å². The van der Waals surface area contributed by atoms with Crippen molar-refractivity contribution in [3.05, 3.63) is 0 Å². The Balaban J connectivity index is -0.000000327. The maximum absolute atomic E-state index is 10.2. The van der Waals surface area contributed by atoms with Crippen LogP contribution >= 0.6 is 0 Å². The van der Waals surface area contributed by atoms with Crippen LogP contribution in [0.4, 0.5) is 0 Å². The quantitative estimate of drug-likeness (QED) is 0.0551. The number of carboxylic acid groups (broad SMARTS) is 2. The normalized spacial score (nSPS) is 10.3. The number of aliphatic carboxylic acids is 2. The van der Waals surface area contributed by atoms with Crippen molar-refractivity contribution in [2.24, 2.45) is 0 Å². The van der Waals surface area contributed by atoms with Crippen molar-refractivity contribution in [3.63, 3.8) is 0 Å². The van der Waals surface area contributed by atoms with Crippen molar-refractivity contribution >= 4 is 11.9 Å². The van der Waals surface area contributed by atoms with E-state index in [1.807, 2.05) is 6.92 Å². The minimum Gasteiger partial charge on any atom is -0.550 e. The molecule has 0 saturated carbocycles. The van der Waals surface area contributed by atoms with Gasteiger partial charge in [-0.05, 0) is 32.1 Å². The van der Waals surface area contributed by atoms with E-state index in [2.05, 4.69) is 13.8 Å². The van der Waals surface area contributed by atoms with E-state index >= 15 is 0 Å². The van der Waals surface area contributed by atoms with Crippen LogP contribution in [-0.2, 0) is 31.3 Å². The molecule has 0 atom stereocenters. The Labute approximate surface area is 296 Å². The van der Waals surface area contributed by atoms with E-state index < -0.39 is 11.9 Å². The summed E-state index contributed by atoms with van der Waals surface area (Å²) < 4.78 is 0. The number of aliphatic hydroxyl groups is 1. The van der Waals surface area contributed by atoms with E-state index in [1.165, 1.54) is 167 Å². The second kappa shape index (κ2) is 50.5. The third-order valence-corrected chi connectivity index (χ3v) is 8.19. The average molecular weight is 675 g/mol. The maximum atomic E-state index is 10.2. The van der Waals surface area contributed by atoms with Crippen molar-refractivity contribution in [2.45, 2.75) is 233 Å². The zero-order valence-corrected chi connectivity index (χ0v) is 32.2. The maximum Gasteiger partial charge on any atom is 2.00 e. The standard InChI is InChI=1S/2C18H36O2.C3H8O.Ti/c2*1-2-3-4-5-6-7-8-9-10-11-12-13-14-15-16-17-18(19)20;1-2-3-4;/h2*2-17H2,1H3,(H,19,20);4H,2-3H2,1H3;/q;;;+2/p-2. The SMILES string of the molecule is CCCCCCCCCCCCCCCCCC(=O)[O-].CCCCCCCCCCCCCCCCCC(=O)[O-].CCCO.[Ti+2]. The smallest absolute Gasteiger partial charge is 0.550 e. The zero-order chi connectivity index (χ0) is 33.2. The van der Waals surface area contributed by atoms with E-state index in [-0.39, 0.29) is 34.6 Å². The van der Waals surface area contributed by atoms with Crippen molar-refractivity contribution in [1.82, 2.24) is 0 Å². The Morgan fingerprint density at radius 2 is 0.511 bits per heavy atom. The molecule has 0 aromatic rings. The molecular formula is C39H78O5Ti. The van der Waals surface area contributed by atoms with Gasteiger partial charge in [0.15, 0.2) is 0 Å². The van der Waals surface area contributed by atoms with Gasteiger partial charge in [0.25, 0.3) is 0 Å². The molecule has 0 aliphatic heterocycles. The number of aliphatic hydroxyl groups excluding tert-OH is 1. The summed E-state index contributed by atoms with van der Waals surface area (Å²) in [4.78, 5) is 20.4. The molecule has 0 fully saturated rings. The Morgan fingerprint density at radius 3 is 0.644 bits per heavy atom. The van der Waals surface area contributed by atoms with Gasteiger partial charge in [0, 0.05) is 18.5 Å². The Hall–Kier alpha value is -0.386. The van der Waals surface area contributed by atoms with Crippen molar-refractivity contribution in [3.8, 4) is 0 Å². The van der Waals surface area contributed by atoms with Gasteiger partial charge < -0.3 is 24.9 Å². The number of rotatable bonds is 33. The summed E-state index contributed by atoms with van der Waals surface area (Å²) in [5.74, 6) is -1.81. The monoisotopic (exact) mass is 675 g/mol. The Morgan fingerprint density at radius 1 is 0.356 bits per heavy atom. The van der Waals surface area contributed by atoms with E-state index in [9.17, 15) is 19.8 Å². The molecule has 0 bridgehead atoms. The molecule has 0 aliphatic rings. The van der Waals surface area contributed by atoms with Gasteiger partial charge in [-0.1, -0.05) is 201 Å². The van der Waals surface area contributed by atoms with Crippen LogP contribution in [0.2, 0.25) is 0 Å². The Kier molecular flexibility index (Phi) is 57.7. The van der Waals surface area contributed by atoms with Gasteiger partial charge in [0.2, 0.25) is 0 Å². The van der Waals surface area contributed by atoms with Gasteiger partial charge in [-0.2, -0.15) is 0 Å². The fraction of sp³-hybridized carbons (Fsp3) is 0.949. The molecule has 0 amide bonds. The molecule has 0 saturated heterocycles. The molecule has 0 unspecified atom stereocenters. The molecule has 1 N–H and O–H groups in total. The molecule has 5 nitrogen and oxygen atoms in total. The van der Waals surface area contributed by atoms with Crippen molar-refractivity contribution in [1.29, 1.82) is 0 Å². The molecule has 45 heavy (non-hydrogen) atoms. The third-order valence-electron chi connectivity index (χ3n) is 8.19. The van der Waals surface area contributed by atoms with Crippen LogP contribution < -0.4 is 10.2 Å². The zero-order valence-electron chi connectivity index (χ0n) is 30.6. The number of unbranched alkanes of at least 4 members (excludes halogenated alkanes) is 28. The molecule has 6 heteroatoms. The predicted octanol–water partition coefficient (Wildman–Crippen LogP) is 10.4. The molecule has 0 rings (SSSR count). The summed E-state index contributed by atoms with van der Waals surface area (Å²) >= 11 is 0. The minimum atomic E-state index is -0.903. The topological polar surface area (TPSA) is 100 Å². The summed E-state index contributed by atoms with van der Waals surface area (Å²) in [6.07, 6.45) is 40.6. The minimum absolute atomic E-state index is 0. The molecule has 0 spiro atoms. The van der Waals surface area contributed by atoms with Gasteiger partial charge in [-0.3, -0.25) is 0 Å². The number of hydrogen-bond acceptors (Lipinski definition) is 5. The summed E-state index contributed by atoms with van der Waals surface area (Å²) in [5.41, 5.74) is 0.